The van der Waals surface area contributed by atoms with Crippen molar-refractivity contribution in [1.82, 2.24) is 15.3 Å². The van der Waals surface area contributed by atoms with Crippen molar-refractivity contribution in [1.29, 1.82) is 0 Å². The molecule has 1 fully saturated rings. The molecule has 0 saturated carbocycles. The molecule has 1 aliphatic heterocycles. The van der Waals surface area contributed by atoms with Crippen LogP contribution in [0.2, 0.25) is 0 Å². The van der Waals surface area contributed by atoms with Gasteiger partial charge >= 0.3 is 0 Å². The minimum Gasteiger partial charge on any atom is -0.378 e. The molecule has 2 heterocycles. The molecule has 2 aromatic rings. The number of aromatic nitrogens is 2. The molecule has 0 aliphatic carbocycles. The third-order valence-corrected chi connectivity index (χ3v) is 3.09. The van der Waals surface area contributed by atoms with E-state index in [0.29, 0.717) is 24.7 Å². The highest BCUT2D eigenvalue weighted by Gasteiger charge is 2.19. The summed E-state index contributed by atoms with van der Waals surface area (Å²) < 4.78 is 32.2. The van der Waals surface area contributed by atoms with Gasteiger partial charge in [0.15, 0.2) is 11.6 Å². The summed E-state index contributed by atoms with van der Waals surface area (Å²) in [6.07, 6.45) is 1.50. The maximum atomic E-state index is 13.7. The summed E-state index contributed by atoms with van der Waals surface area (Å²) >= 11 is 0. The maximum absolute atomic E-state index is 13.7. The Morgan fingerprint density at radius 1 is 1.32 bits per heavy atom. The lowest BCUT2D eigenvalue weighted by atomic mass is 10.1. The van der Waals surface area contributed by atoms with Crippen LogP contribution >= 0.6 is 0 Å². The van der Waals surface area contributed by atoms with Gasteiger partial charge in [-0.3, -0.25) is 0 Å². The minimum atomic E-state index is -0.870. The molecule has 19 heavy (non-hydrogen) atoms. The van der Waals surface area contributed by atoms with Crippen molar-refractivity contribution in [3.8, 4) is 11.3 Å². The summed E-state index contributed by atoms with van der Waals surface area (Å²) in [7, 11) is 0. The summed E-state index contributed by atoms with van der Waals surface area (Å²) in [4.78, 5) is 7.21. The van der Waals surface area contributed by atoms with E-state index in [1.165, 1.54) is 18.3 Å². The van der Waals surface area contributed by atoms with E-state index in [0.717, 1.165) is 12.6 Å². The highest BCUT2D eigenvalue weighted by Crippen LogP contribution is 2.24. The van der Waals surface area contributed by atoms with Gasteiger partial charge in [0.05, 0.1) is 31.1 Å². The normalized spacial score (nSPS) is 19.6. The number of hydrogen-bond donors (Lipinski definition) is 2. The number of morpholine rings is 1. The zero-order valence-electron chi connectivity index (χ0n) is 10.1. The van der Waals surface area contributed by atoms with Crippen molar-refractivity contribution >= 4 is 0 Å². The number of imidazole rings is 1. The summed E-state index contributed by atoms with van der Waals surface area (Å²) in [5.41, 5.74) is 0.634. The molecule has 100 valence electrons. The number of ether oxygens (including phenoxy) is 1. The molecule has 2 N–H and O–H groups in total. The lowest BCUT2D eigenvalue weighted by Gasteiger charge is -2.21. The molecular weight excluding hydrogens is 252 g/mol. The van der Waals surface area contributed by atoms with E-state index in [9.17, 15) is 8.78 Å². The molecule has 1 unspecified atom stereocenters. The Bertz CT molecular complexity index is 579. The number of halogens is 2. The van der Waals surface area contributed by atoms with Crippen LogP contribution in [0.1, 0.15) is 11.9 Å². The van der Waals surface area contributed by atoms with Gasteiger partial charge in [0.25, 0.3) is 0 Å². The molecular formula is C13H13F2N3O. The lowest BCUT2D eigenvalue weighted by Crippen LogP contribution is -2.35. The Morgan fingerprint density at radius 3 is 3.00 bits per heavy atom. The quantitative estimate of drug-likeness (QED) is 0.873. The van der Waals surface area contributed by atoms with Gasteiger partial charge in [-0.15, -0.1) is 0 Å². The van der Waals surface area contributed by atoms with Crippen molar-refractivity contribution in [3.05, 3.63) is 41.9 Å². The number of aromatic amines is 1. The zero-order valence-corrected chi connectivity index (χ0v) is 10.1. The van der Waals surface area contributed by atoms with Crippen LogP contribution in [-0.2, 0) is 4.74 Å². The first-order valence-corrected chi connectivity index (χ1v) is 6.06. The van der Waals surface area contributed by atoms with E-state index < -0.39 is 11.6 Å². The standard InChI is InChI=1S/C13H13F2N3O/c14-9-3-1-2-8(12(9)15)10-6-17-13(18-10)11-7-19-5-4-16-11/h1-3,6,11,16H,4-5,7H2,(H,17,18). The van der Waals surface area contributed by atoms with Crippen LogP contribution in [0.3, 0.4) is 0 Å². The van der Waals surface area contributed by atoms with Crippen molar-refractivity contribution in [2.24, 2.45) is 0 Å². The van der Waals surface area contributed by atoms with Crippen LogP contribution in [0.25, 0.3) is 11.3 Å². The highest BCUT2D eigenvalue weighted by atomic mass is 19.2. The smallest absolute Gasteiger partial charge is 0.168 e. The van der Waals surface area contributed by atoms with Crippen molar-refractivity contribution < 1.29 is 13.5 Å². The highest BCUT2D eigenvalue weighted by molar-refractivity contribution is 5.59. The third-order valence-electron chi connectivity index (χ3n) is 3.09. The van der Waals surface area contributed by atoms with E-state index in [2.05, 4.69) is 15.3 Å². The number of benzene rings is 1. The minimum absolute atomic E-state index is 0.0425. The Morgan fingerprint density at radius 2 is 2.21 bits per heavy atom. The van der Waals surface area contributed by atoms with E-state index in [1.807, 2.05) is 0 Å². The molecule has 4 nitrogen and oxygen atoms in total. The second kappa shape index (κ2) is 5.07. The van der Waals surface area contributed by atoms with E-state index in [1.54, 1.807) is 0 Å². The van der Waals surface area contributed by atoms with Crippen molar-refractivity contribution in [2.45, 2.75) is 6.04 Å². The second-order valence-electron chi connectivity index (χ2n) is 4.37. The van der Waals surface area contributed by atoms with Crippen LogP contribution < -0.4 is 5.32 Å². The van der Waals surface area contributed by atoms with Gasteiger partial charge in [-0.1, -0.05) is 6.07 Å². The summed E-state index contributed by atoms with van der Waals surface area (Å²) in [6.45, 7) is 1.93. The first-order valence-electron chi connectivity index (χ1n) is 6.06. The van der Waals surface area contributed by atoms with Gasteiger partial charge in [0, 0.05) is 12.1 Å². The molecule has 1 atom stereocenters. The van der Waals surface area contributed by atoms with Gasteiger partial charge in [-0.25, -0.2) is 13.8 Å². The predicted octanol–water partition coefficient (Wildman–Crippen LogP) is 2.02. The second-order valence-corrected chi connectivity index (χ2v) is 4.37. The van der Waals surface area contributed by atoms with Crippen LogP contribution in [0.5, 0.6) is 0 Å². The van der Waals surface area contributed by atoms with Gasteiger partial charge in [0.2, 0.25) is 0 Å². The molecule has 6 heteroatoms. The van der Waals surface area contributed by atoms with Gasteiger partial charge < -0.3 is 15.0 Å². The molecule has 1 aromatic heterocycles. The number of hydrogen-bond acceptors (Lipinski definition) is 3. The van der Waals surface area contributed by atoms with Crippen molar-refractivity contribution in [3.63, 3.8) is 0 Å². The third kappa shape index (κ3) is 2.36. The number of nitrogens with zero attached hydrogens (tertiary/aromatic N) is 1. The lowest BCUT2D eigenvalue weighted by molar-refractivity contribution is 0.0745. The first-order chi connectivity index (χ1) is 9.25. The topological polar surface area (TPSA) is 49.9 Å². The summed E-state index contributed by atoms with van der Waals surface area (Å²) in [6, 6.07) is 4.03. The average molecular weight is 265 g/mol. The maximum Gasteiger partial charge on any atom is 0.168 e. The average Bonchev–Trinajstić information content (AvgIpc) is 2.92. The summed E-state index contributed by atoms with van der Waals surface area (Å²) in [5, 5.41) is 3.24. The Kier molecular flexibility index (Phi) is 3.27. The van der Waals surface area contributed by atoms with E-state index in [-0.39, 0.29) is 11.6 Å². The number of rotatable bonds is 2. The first kappa shape index (κ1) is 12.3. The number of nitrogens with one attached hydrogen (secondary N) is 2. The molecule has 3 rings (SSSR count). The van der Waals surface area contributed by atoms with E-state index in [4.69, 9.17) is 4.74 Å². The molecule has 0 radical (unpaired) electrons. The van der Waals surface area contributed by atoms with Crippen LogP contribution in [0.15, 0.2) is 24.4 Å². The molecule has 1 aromatic carbocycles. The molecule has 1 aliphatic rings. The fourth-order valence-electron chi connectivity index (χ4n) is 2.10. The Hall–Kier alpha value is -1.79. The summed E-state index contributed by atoms with van der Waals surface area (Å²) in [5.74, 6) is -1.07. The van der Waals surface area contributed by atoms with Crippen molar-refractivity contribution in [2.75, 3.05) is 19.8 Å². The molecule has 1 saturated heterocycles. The van der Waals surface area contributed by atoms with Crippen LogP contribution in [-0.4, -0.2) is 29.7 Å². The molecule has 0 spiro atoms. The number of H-pyrrole nitrogens is 1. The fraction of sp³-hybridized carbons (Fsp3) is 0.308. The molecule has 0 amide bonds. The SMILES string of the molecule is Fc1cccc(-c2cnc(C3COCCN3)[nH]2)c1F. The predicted molar refractivity (Wildman–Crippen MR) is 65.5 cm³/mol. The van der Waals surface area contributed by atoms with Crippen LogP contribution in [0, 0.1) is 11.6 Å². The van der Waals surface area contributed by atoms with Gasteiger partial charge in [0.1, 0.15) is 5.82 Å². The van der Waals surface area contributed by atoms with Crippen LogP contribution in [0.4, 0.5) is 8.78 Å². The molecule has 0 bridgehead atoms. The monoisotopic (exact) mass is 265 g/mol. The zero-order chi connectivity index (χ0) is 13.2. The van der Waals surface area contributed by atoms with Gasteiger partial charge in [-0.2, -0.15) is 0 Å². The fourth-order valence-corrected chi connectivity index (χ4v) is 2.10. The Balaban J connectivity index is 1.90. The largest absolute Gasteiger partial charge is 0.378 e. The Labute approximate surface area is 108 Å². The van der Waals surface area contributed by atoms with E-state index >= 15 is 0 Å². The van der Waals surface area contributed by atoms with Gasteiger partial charge in [-0.05, 0) is 12.1 Å².